The zero-order valence-corrected chi connectivity index (χ0v) is 11.6. The second-order valence-electron chi connectivity index (χ2n) is 5.71. The molecule has 5 nitrogen and oxygen atoms in total. The van der Waals surface area contributed by atoms with Crippen molar-refractivity contribution in [3.63, 3.8) is 0 Å². The molecule has 0 atom stereocenters. The van der Waals surface area contributed by atoms with Gasteiger partial charge in [-0.3, -0.25) is 4.79 Å². The van der Waals surface area contributed by atoms with Crippen LogP contribution < -0.4 is 4.74 Å². The summed E-state index contributed by atoms with van der Waals surface area (Å²) in [7, 11) is 0. The van der Waals surface area contributed by atoms with Crippen LogP contribution in [0, 0.1) is 0 Å². The molecular weight excluding hydrogens is 258 g/mol. The molecule has 2 aliphatic rings. The minimum atomic E-state index is -0.315. The van der Waals surface area contributed by atoms with Crippen LogP contribution in [0.1, 0.15) is 31.7 Å². The van der Waals surface area contributed by atoms with Crippen LogP contribution in [-0.2, 0) is 11.2 Å². The lowest BCUT2D eigenvalue weighted by atomic mass is 9.83. The summed E-state index contributed by atoms with van der Waals surface area (Å²) in [5, 5.41) is 19.6. The van der Waals surface area contributed by atoms with Crippen molar-refractivity contribution >= 4 is 5.91 Å². The molecule has 0 radical (unpaired) electrons. The van der Waals surface area contributed by atoms with E-state index >= 15 is 0 Å². The van der Waals surface area contributed by atoms with Gasteiger partial charge in [-0.25, -0.2) is 0 Å². The van der Waals surface area contributed by atoms with Crippen molar-refractivity contribution in [2.24, 2.45) is 0 Å². The van der Waals surface area contributed by atoms with Crippen LogP contribution in [-0.4, -0.2) is 39.7 Å². The van der Waals surface area contributed by atoms with E-state index in [9.17, 15) is 15.0 Å². The van der Waals surface area contributed by atoms with Gasteiger partial charge in [-0.1, -0.05) is 6.07 Å². The van der Waals surface area contributed by atoms with E-state index in [1.807, 2.05) is 4.90 Å². The molecule has 20 heavy (non-hydrogen) atoms. The quantitative estimate of drug-likeness (QED) is 0.709. The minimum absolute atomic E-state index is 0.0940. The Kier molecular flexibility index (Phi) is 3.00. The number of piperidine rings is 1. The maximum atomic E-state index is 11.4. The minimum Gasteiger partial charge on any atom is -0.504 e. The molecule has 5 heteroatoms. The van der Waals surface area contributed by atoms with Gasteiger partial charge in [0, 0.05) is 32.9 Å². The second kappa shape index (κ2) is 4.58. The molecule has 3 rings (SSSR count). The highest BCUT2D eigenvalue weighted by atomic mass is 16.5. The molecule has 2 aliphatic heterocycles. The molecule has 1 aromatic rings. The first-order valence-electron chi connectivity index (χ1n) is 6.99. The molecule has 0 aliphatic carbocycles. The van der Waals surface area contributed by atoms with Crippen molar-refractivity contribution in [1.29, 1.82) is 0 Å². The van der Waals surface area contributed by atoms with Crippen LogP contribution in [0.3, 0.4) is 0 Å². The van der Waals surface area contributed by atoms with E-state index in [-0.39, 0.29) is 23.0 Å². The summed E-state index contributed by atoms with van der Waals surface area (Å²) in [6, 6.07) is 3.29. The van der Waals surface area contributed by atoms with E-state index in [1.54, 1.807) is 13.0 Å². The first-order valence-corrected chi connectivity index (χ1v) is 6.99. The van der Waals surface area contributed by atoms with E-state index in [4.69, 9.17) is 4.74 Å². The third-order valence-electron chi connectivity index (χ3n) is 4.48. The van der Waals surface area contributed by atoms with Crippen molar-refractivity contribution in [3.8, 4) is 17.2 Å². The molecule has 0 saturated carbocycles. The highest BCUT2D eigenvalue weighted by Gasteiger charge is 2.41. The fourth-order valence-corrected chi connectivity index (χ4v) is 3.12. The van der Waals surface area contributed by atoms with Gasteiger partial charge in [0.2, 0.25) is 11.7 Å². The van der Waals surface area contributed by atoms with Crippen LogP contribution in [0.2, 0.25) is 0 Å². The number of carbonyl (C=O) groups excluding carboxylic acids is 1. The Bertz CT molecular complexity index is 547. The summed E-state index contributed by atoms with van der Waals surface area (Å²) in [6.45, 7) is 2.95. The fraction of sp³-hybridized carbons (Fsp3) is 0.533. The van der Waals surface area contributed by atoms with Crippen molar-refractivity contribution in [1.82, 2.24) is 4.90 Å². The van der Waals surface area contributed by atoms with Gasteiger partial charge in [0.25, 0.3) is 0 Å². The van der Waals surface area contributed by atoms with E-state index in [0.717, 1.165) is 31.2 Å². The summed E-state index contributed by atoms with van der Waals surface area (Å²) in [6.07, 6.45) is 3.24. The molecular formula is C15H19NO4. The topological polar surface area (TPSA) is 70.0 Å². The molecule has 2 heterocycles. The molecule has 0 bridgehead atoms. The van der Waals surface area contributed by atoms with Gasteiger partial charge in [-0.15, -0.1) is 0 Å². The van der Waals surface area contributed by atoms with Gasteiger partial charge in [0.15, 0.2) is 11.5 Å². The molecule has 0 unspecified atom stereocenters. The van der Waals surface area contributed by atoms with Gasteiger partial charge in [-0.2, -0.15) is 0 Å². The van der Waals surface area contributed by atoms with Crippen LogP contribution in [0.25, 0.3) is 0 Å². The molecule has 1 amide bonds. The van der Waals surface area contributed by atoms with Crippen molar-refractivity contribution in [2.45, 2.75) is 38.2 Å². The number of hydrogen-bond acceptors (Lipinski definition) is 4. The van der Waals surface area contributed by atoms with Gasteiger partial charge < -0.3 is 19.8 Å². The first-order chi connectivity index (χ1) is 9.51. The number of ether oxygens (including phenoxy) is 1. The Morgan fingerprint density at radius 3 is 2.60 bits per heavy atom. The molecule has 1 saturated heterocycles. The summed E-state index contributed by atoms with van der Waals surface area (Å²) in [5.74, 6) is 0.182. The fourth-order valence-electron chi connectivity index (χ4n) is 3.12. The highest BCUT2D eigenvalue weighted by molar-refractivity contribution is 5.73. The lowest BCUT2D eigenvalue weighted by molar-refractivity contribution is -0.132. The average molecular weight is 277 g/mol. The lowest BCUT2D eigenvalue weighted by Gasteiger charge is -2.44. The largest absolute Gasteiger partial charge is 0.504 e. The number of benzene rings is 1. The number of rotatable bonds is 0. The monoisotopic (exact) mass is 277 g/mol. The SMILES string of the molecule is CC(=O)N1CCC2(CCc3ccc(O)c(O)c3O2)CC1. The van der Waals surface area contributed by atoms with E-state index < -0.39 is 0 Å². The molecule has 108 valence electrons. The Morgan fingerprint density at radius 2 is 1.95 bits per heavy atom. The van der Waals surface area contributed by atoms with Crippen LogP contribution in [0.4, 0.5) is 0 Å². The van der Waals surface area contributed by atoms with E-state index in [1.165, 1.54) is 6.07 Å². The van der Waals surface area contributed by atoms with E-state index in [2.05, 4.69) is 0 Å². The number of phenols is 2. The zero-order chi connectivity index (χ0) is 14.3. The number of hydrogen-bond donors (Lipinski definition) is 2. The number of nitrogens with zero attached hydrogens (tertiary/aromatic N) is 1. The summed E-state index contributed by atoms with van der Waals surface area (Å²) in [5.41, 5.74) is 0.615. The van der Waals surface area contributed by atoms with Gasteiger partial charge in [0.05, 0.1) is 0 Å². The third kappa shape index (κ3) is 2.07. The van der Waals surface area contributed by atoms with Gasteiger partial charge in [-0.05, 0) is 24.5 Å². The predicted octanol–water partition coefficient (Wildman–Crippen LogP) is 1.80. The normalized spacial score (nSPS) is 20.4. The first kappa shape index (κ1) is 13.1. The van der Waals surface area contributed by atoms with Crippen LogP contribution in [0.15, 0.2) is 12.1 Å². The Labute approximate surface area is 117 Å². The number of amides is 1. The Morgan fingerprint density at radius 1 is 1.25 bits per heavy atom. The van der Waals surface area contributed by atoms with Gasteiger partial charge in [0.1, 0.15) is 5.60 Å². The molecule has 1 spiro atoms. The van der Waals surface area contributed by atoms with Crippen LogP contribution in [0.5, 0.6) is 17.2 Å². The maximum Gasteiger partial charge on any atom is 0.219 e. The molecule has 0 aromatic heterocycles. The number of carbonyl (C=O) groups is 1. The van der Waals surface area contributed by atoms with Crippen molar-refractivity contribution in [2.75, 3.05) is 13.1 Å². The zero-order valence-electron chi connectivity index (χ0n) is 11.6. The van der Waals surface area contributed by atoms with Crippen molar-refractivity contribution in [3.05, 3.63) is 17.7 Å². The van der Waals surface area contributed by atoms with Crippen molar-refractivity contribution < 1.29 is 19.7 Å². The molecule has 2 N–H and O–H groups in total. The van der Waals surface area contributed by atoms with E-state index in [0.29, 0.717) is 18.8 Å². The summed E-state index contributed by atoms with van der Waals surface area (Å²) in [4.78, 5) is 13.2. The number of likely N-dealkylation sites (tertiary alicyclic amines) is 1. The Balaban J connectivity index is 1.82. The molecule has 1 aromatic carbocycles. The summed E-state index contributed by atoms with van der Waals surface area (Å²) >= 11 is 0. The average Bonchev–Trinajstić information content (AvgIpc) is 2.44. The number of aromatic hydroxyl groups is 2. The predicted molar refractivity (Wildman–Crippen MR) is 72.9 cm³/mol. The number of fused-ring (bicyclic) bond motifs is 1. The molecule has 1 fully saturated rings. The highest BCUT2D eigenvalue weighted by Crippen LogP contribution is 2.46. The number of phenolic OH excluding ortho intramolecular Hbond substituents is 2. The maximum absolute atomic E-state index is 11.4. The summed E-state index contributed by atoms with van der Waals surface area (Å²) < 4.78 is 6.05. The van der Waals surface area contributed by atoms with Crippen LogP contribution >= 0.6 is 0 Å². The lowest BCUT2D eigenvalue weighted by Crippen LogP contribution is -2.50. The van der Waals surface area contributed by atoms with Gasteiger partial charge >= 0.3 is 0 Å². The standard InChI is InChI=1S/C15H19NO4/c1-10(17)16-8-6-15(7-9-16)5-4-11-2-3-12(18)13(19)14(11)20-15/h2-3,18-19H,4-9H2,1H3. The Hall–Kier alpha value is -1.91. The third-order valence-corrected chi connectivity index (χ3v) is 4.48. The smallest absolute Gasteiger partial charge is 0.219 e. The second-order valence-corrected chi connectivity index (χ2v) is 5.71. The number of aryl methyl sites for hydroxylation is 1.